The van der Waals surface area contributed by atoms with Crippen LogP contribution in [0.4, 0.5) is 5.69 Å². The molecule has 0 radical (unpaired) electrons. The summed E-state index contributed by atoms with van der Waals surface area (Å²) in [6.07, 6.45) is 3.98. The molecule has 1 aliphatic heterocycles. The Hall–Kier alpha value is -1.10. The van der Waals surface area contributed by atoms with E-state index in [0.29, 0.717) is 23.3 Å². The van der Waals surface area contributed by atoms with E-state index >= 15 is 0 Å². The van der Waals surface area contributed by atoms with E-state index < -0.39 is 0 Å². The second-order valence-electron chi connectivity index (χ2n) is 5.66. The zero-order valence-electron chi connectivity index (χ0n) is 12.4. The number of aryl methyl sites for hydroxylation is 1. The van der Waals surface area contributed by atoms with E-state index in [1.54, 1.807) is 0 Å². The maximum absolute atomic E-state index is 12.2. The number of hydrogen-bond donors (Lipinski definition) is 2. The van der Waals surface area contributed by atoms with Crippen LogP contribution in [0.3, 0.4) is 0 Å². The van der Waals surface area contributed by atoms with Crippen LogP contribution in [-0.2, 0) is 4.79 Å². The number of benzene rings is 1. The Morgan fingerprint density at radius 2 is 2.33 bits per heavy atom. The van der Waals surface area contributed by atoms with E-state index in [1.807, 2.05) is 25.1 Å². The third-order valence-corrected chi connectivity index (χ3v) is 4.25. The van der Waals surface area contributed by atoms with Crippen LogP contribution in [0.25, 0.3) is 0 Å². The topological polar surface area (TPSA) is 52.6 Å². The highest BCUT2D eigenvalue weighted by atomic mass is 35.5. The van der Waals surface area contributed by atoms with Crippen molar-refractivity contribution in [2.75, 3.05) is 25.0 Å². The van der Waals surface area contributed by atoms with Crippen LogP contribution in [0, 0.1) is 6.92 Å². The Morgan fingerprint density at radius 3 is 3.05 bits per heavy atom. The molecule has 1 aromatic rings. The highest BCUT2D eigenvalue weighted by Gasteiger charge is 2.25. The number of rotatable bonds is 6. The van der Waals surface area contributed by atoms with Crippen molar-refractivity contribution in [3.63, 3.8) is 0 Å². The molecule has 1 fully saturated rings. The predicted molar refractivity (Wildman–Crippen MR) is 85.7 cm³/mol. The lowest BCUT2D eigenvalue weighted by molar-refractivity contribution is -0.117. The molecule has 0 saturated carbocycles. The fourth-order valence-corrected chi connectivity index (χ4v) is 3.14. The van der Waals surface area contributed by atoms with Gasteiger partial charge in [-0.15, -0.1) is 0 Å². The van der Waals surface area contributed by atoms with Crippen LogP contribution in [0.15, 0.2) is 18.2 Å². The predicted octanol–water partition coefficient (Wildman–Crippen LogP) is 2.82. The standard InChI is InChI=1S/C16H23ClN2O2/c1-12-6-7-15(14(17)10-12)18-16(21)11-19-8-2-4-13(19)5-3-9-20/h6-7,10,13,20H,2-5,8-9,11H2,1H3,(H,18,21). The molecule has 2 N–H and O–H groups in total. The Morgan fingerprint density at radius 1 is 1.52 bits per heavy atom. The first-order valence-corrected chi connectivity index (χ1v) is 7.89. The van der Waals surface area contributed by atoms with Crippen LogP contribution in [-0.4, -0.2) is 41.7 Å². The highest BCUT2D eigenvalue weighted by molar-refractivity contribution is 6.33. The van der Waals surface area contributed by atoms with Gasteiger partial charge in [-0.25, -0.2) is 0 Å². The minimum atomic E-state index is -0.0309. The van der Waals surface area contributed by atoms with Crippen molar-refractivity contribution in [1.29, 1.82) is 0 Å². The molecule has 1 aromatic carbocycles. The summed E-state index contributed by atoms with van der Waals surface area (Å²) in [5.41, 5.74) is 1.74. The normalized spacial score (nSPS) is 18.9. The van der Waals surface area contributed by atoms with Crippen molar-refractivity contribution in [2.45, 2.75) is 38.6 Å². The molecule has 0 aliphatic carbocycles. The van der Waals surface area contributed by atoms with Crippen molar-refractivity contribution in [2.24, 2.45) is 0 Å². The summed E-state index contributed by atoms with van der Waals surface area (Å²) in [5, 5.41) is 12.4. The first-order valence-electron chi connectivity index (χ1n) is 7.51. The monoisotopic (exact) mass is 310 g/mol. The fourth-order valence-electron chi connectivity index (χ4n) is 2.85. The van der Waals surface area contributed by atoms with Gasteiger partial charge in [0.05, 0.1) is 17.3 Å². The molecule has 1 atom stereocenters. The van der Waals surface area contributed by atoms with Gasteiger partial charge in [-0.05, 0) is 56.8 Å². The van der Waals surface area contributed by atoms with E-state index in [-0.39, 0.29) is 12.5 Å². The minimum Gasteiger partial charge on any atom is -0.396 e. The van der Waals surface area contributed by atoms with Gasteiger partial charge < -0.3 is 10.4 Å². The Labute approximate surface area is 131 Å². The number of carbonyl (C=O) groups excluding carboxylic acids is 1. The Kier molecular flexibility index (Phi) is 6.03. The lowest BCUT2D eigenvalue weighted by Crippen LogP contribution is -2.36. The molecule has 5 heteroatoms. The first kappa shape index (κ1) is 16.3. The molecule has 0 aromatic heterocycles. The number of aliphatic hydroxyl groups excluding tert-OH is 1. The molecular formula is C16H23ClN2O2. The number of halogens is 1. The summed E-state index contributed by atoms with van der Waals surface area (Å²) < 4.78 is 0. The molecule has 1 saturated heterocycles. The highest BCUT2D eigenvalue weighted by Crippen LogP contribution is 2.24. The molecule has 0 spiro atoms. The summed E-state index contributed by atoms with van der Waals surface area (Å²) >= 11 is 6.13. The van der Waals surface area contributed by atoms with E-state index in [1.165, 1.54) is 0 Å². The van der Waals surface area contributed by atoms with Gasteiger partial charge in [0.15, 0.2) is 0 Å². The summed E-state index contributed by atoms with van der Waals surface area (Å²) in [7, 11) is 0. The summed E-state index contributed by atoms with van der Waals surface area (Å²) in [5.74, 6) is -0.0309. The molecule has 1 aliphatic rings. The average Bonchev–Trinajstić information content (AvgIpc) is 2.87. The maximum Gasteiger partial charge on any atom is 0.238 e. The molecule has 116 valence electrons. The zero-order valence-corrected chi connectivity index (χ0v) is 13.2. The molecule has 1 amide bonds. The lowest BCUT2D eigenvalue weighted by Gasteiger charge is -2.23. The van der Waals surface area contributed by atoms with Crippen molar-refractivity contribution in [1.82, 2.24) is 4.90 Å². The SMILES string of the molecule is Cc1ccc(NC(=O)CN2CCCC2CCCO)c(Cl)c1. The second kappa shape index (κ2) is 7.78. The molecule has 1 heterocycles. The fraction of sp³-hybridized carbons (Fsp3) is 0.562. The second-order valence-corrected chi connectivity index (χ2v) is 6.07. The quantitative estimate of drug-likeness (QED) is 0.849. The number of likely N-dealkylation sites (tertiary alicyclic amines) is 1. The number of carbonyl (C=O) groups is 1. The van der Waals surface area contributed by atoms with E-state index in [2.05, 4.69) is 10.2 Å². The van der Waals surface area contributed by atoms with E-state index in [0.717, 1.165) is 37.8 Å². The molecular weight excluding hydrogens is 288 g/mol. The largest absolute Gasteiger partial charge is 0.396 e. The third kappa shape index (κ3) is 4.70. The molecule has 0 bridgehead atoms. The van der Waals surface area contributed by atoms with Gasteiger partial charge in [-0.2, -0.15) is 0 Å². The molecule has 21 heavy (non-hydrogen) atoms. The number of hydrogen-bond acceptors (Lipinski definition) is 3. The van der Waals surface area contributed by atoms with Gasteiger partial charge in [-0.1, -0.05) is 17.7 Å². The van der Waals surface area contributed by atoms with Crippen LogP contribution in [0.5, 0.6) is 0 Å². The smallest absolute Gasteiger partial charge is 0.238 e. The number of nitrogens with one attached hydrogen (secondary N) is 1. The number of anilines is 1. The van der Waals surface area contributed by atoms with Crippen molar-refractivity contribution >= 4 is 23.2 Å². The molecule has 2 rings (SSSR count). The Bertz CT molecular complexity index is 493. The van der Waals surface area contributed by atoms with E-state index in [9.17, 15) is 4.79 Å². The number of amides is 1. The van der Waals surface area contributed by atoms with E-state index in [4.69, 9.17) is 16.7 Å². The van der Waals surface area contributed by atoms with Crippen LogP contribution < -0.4 is 5.32 Å². The van der Waals surface area contributed by atoms with Gasteiger partial charge in [0.25, 0.3) is 0 Å². The summed E-state index contributed by atoms with van der Waals surface area (Å²) in [6, 6.07) is 6.03. The van der Waals surface area contributed by atoms with Crippen LogP contribution >= 0.6 is 11.6 Å². The molecule has 4 nitrogen and oxygen atoms in total. The van der Waals surface area contributed by atoms with Crippen molar-refractivity contribution in [3.8, 4) is 0 Å². The van der Waals surface area contributed by atoms with Gasteiger partial charge >= 0.3 is 0 Å². The number of aliphatic hydroxyl groups is 1. The summed E-state index contributed by atoms with van der Waals surface area (Å²) in [4.78, 5) is 14.4. The van der Waals surface area contributed by atoms with Crippen LogP contribution in [0.2, 0.25) is 5.02 Å². The van der Waals surface area contributed by atoms with Gasteiger partial charge in [-0.3, -0.25) is 9.69 Å². The van der Waals surface area contributed by atoms with Crippen molar-refractivity contribution < 1.29 is 9.90 Å². The van der Waals surface area contributed by atoms with Gasteiger partial charge in [0, 0.05) is 12.6 Å². The number of nitrogens with zero attached hydrogens (tertiary/aromatic N) is 1. The minimum absolute atomic E-state index is 0.0309. The summed E-state index contributed by atoms with van der Waals surface area (Å²) in [6.45, 7) is 3.52. The average molecular weight is 311 g/mol. The van der Waals surface area contributed by atoms with Gasteiger partial charge in [0.1, 0.15) is 0 Å². The van der Waals surface area contributed by atoms with Gasteiger partial charge in [0.2, 0.25) is 5.91 Å². The lowest BCUT2D eigenvalue weighted by atomic mass is 10.1. The van der Waals surface area contributed by atoms with Crippen molar-refractivity contribution in [3.05, 3.63) is 28.8 Å². The third-order valence-electron chi connectivity index (χ3n) is 3.94. The zero-order chi connectivity index (χ0) is 15.2. The maximum atomic E-state index is 12.2. The first-order chi connectivity index (χ1) is 10.1. The van der Waals surface area contributed by atoms with Crippen LogP contribution in [0.1, 0.15) is 31.2 Å². The Balaban J connectivity index is 1.89. The molecule has 1 unspecified atom stereocenters.